The number of hydrogen-bond acceptors (Lipinski definition) is 3. The van der Waals surface area contributed by atoms with Crippen LogP contribution < -0.4 is 5.32 Å². The molecule has 2 N–H and O–H groups in total. The number of rotatable bonds is 4. The molecule has 1 aliphatic carbocycles. The summed E-state index contributed by atoms with van der Waals surface area (Å²) in [7, 11) is 0. The summed E-state index contributed by atoms with van der Waals surface area (Å²) in [6, 6.07) is 2.83. The van der Waals surface area contributed by atoms with Crippen LogP contribution in [0.3, 0.4) is 0 Å². The Hall–Kier alpha value is -1.13. The smallest absolute Gasteiger partial charge is 0.0922 e. The van der Waals surface area contributed by atoms with Crippen molar-refractivity contribution in [1.29, 1.82) is 0 Å². The number of fused-ring (bicyclic) bond motifs is 1. The molecule has 18 heavy (non-hydrogen) atoms. The van der Waals surface area contributed by atoms with E-state index in [0.717, 1.165) is 12.2 Å². The van der Waals surface area contributed by atoms with Gasteiger partial charge in [0, 0.05) is 34.2 Å². The van der Waals surface area contributed by atoms with E-state index in [9.17, 15) is 0 Å². The molecule has 0 fully saturated rings. The molecule has 2 heterocycles. The minimum absolute atomic E-state index is 0.420. The maximum absolute atomic E-state index is 4.03. The van der Waals surface area contributed by atoms with E-state index in [-0.39, 0.29) is 0 Å². The van der Waals surface area contributed by atoms with Crippen LogP contribution in [0.25, 0.3) is 0 Å². The van der Waals surface area contributed by atoms with Crippen molar-refractivity contribution in [3.8, 4) is 0 Å². The van der Waals surface area contributed by atoms with Gasteiger partial charge in [0.15, 0.2) is 0 Å². The van der Waals surface area contributed by atoms with Gasteiger partial charge < -0.3 is 10.3 Å². The Morgan fingerprint density at radius 3 is 3.11 bits per heavy atom. The van der Waals surface area contributed by atoms with Crippen molar-refractivity contribution in [2.45, 2.75) is 45.2 Å². The van der Waals surface area contributed by atoms with Gasteiger partial charge in [0.25, 0.3) is 0 Å². The Morgan fingerprint density at radius 2 is 2.33 bits per heavy atom. The van der Waals surface area contributed by atoms with Crippen LogP contribution in [0.15, 0.2) is 18.6 Å². The van der Waals surface area contributed by atoms with Gasteiger partial charge in [-0.2, -0.15) is 0 Å². The predicted molar refractivity (Wildman–Crippen MR) is 74.8 cm³/mol. The molecule has 1 aliphatic rings. The zero-order valence-electron chi connectivity index (χ0n) is 10.7. The Labute approximate surface area is 112 Å². The number of imidazole rings is 1. The summed E-state index contributed by atoms with van der Waals surface area (Å²) in [4.78, 5) is 10.2. The summed E-state index contributed by atoms with van der Waals surface area (Å²) in [6.45, 7) is 3.09. The maximum Gasteiger partial charge on any atom is 0.0922 e. The van der Waals surface area contributed by atoms with Crippen LogP contribution in [0.5, 0.6) is 0 Å². The van der Waals surface area contributed by atoms with Gasteiger partial charge in [-0.1, -0.05) is 0 Å². The minimum Gasteiger partial charge on any atom is -0.347 e. The zero-order valence-corrected chi connectivity index (χ0v) is 11.5. The van der Waals surface area contributed by atoms with E-state index in [2.05, 4.69) is 28.3 Å². The summed E-state index contributed by atoms with van der Waals surface area (Å²) in [6.07, 6.45) is 8.89. The lowest BCUT2D eigenvalue weighted by Gasteiger charge is -2.10. The molecule has 0 radical (unpaired) electrons. The van der Waals surface area contributed by atoms with Gasteiger partial charge in [0.2, 0.25) is 0 Å². The first-order chi connectivity index (χ1) is 8.83. The highest BCUT2D eigenvalue weighted by Gasteiger charge is 2.16. The van der Waals surface area contributed by atoms with Crippen molar-refractivity contribution in [2.75, 3.05) is 0 Å². The predicted octanol–water partition coefficient (Wildman–Crippen LogP) is 3.20. The molecule has 1 atom stereocenters. The van der Waals surface area contributed by atoms with Crippen molar-refractivity contribution >= 4 is 11.3 Å². The van der Waals surface area contributed by atoms with Crippen LogP contribution in [0.4, 0.5) is 0 Å². The molecule has 96 valence electrons. The number of aromatic amines is 1. The molecule has 0 amide bonds. The van der Waals surface area contributed by atoms with E-state index in [1.165, 1.54) is 30.6 Å². The largest absolute Gasteiger partial charge is 0.347 e. The first-order valence-electron chi connectivity index (χ1n) is 6.65. The summed E-state index contributed by atoms with van der Waals surface area (Å²) >= 11 is 1.99. The topological polar surface area (TPSA) is 40.7 Å². The Morgan fingerprint density at radius 1 is 1.44 bits per heavy atom. The molecule has 0 bridgehead atoms. The molecule has 0 aliphatic heterocycles. The van der Waals surface area contributed by atoms with Gasteiger partial charge >= 0.3 is 0 Å². The van der Waals surface area contributed by atoms with Gasteiger partial charge in [0.1, 0.15) is 0 Å². The molecule has 2 aromatic rings. The van der Waals surface area contributed by atoms with Crippen molar-refractivity contribution in [3.63, 3.8) is 0 Å². The van der Waals surface area contributed by atoms with E-state index in [4.69, 9.17) is 0 Å². The molecular formula is C14H19N3S. The molecule has 0 saturated heterocycles. The molecule has 0 aromatic carbocycles. The second-order valence-electron chi connectivity index (χ2n) is 4.98. The lowest BCUT2D eigenvalue weighted by molar-refractivity contribution is 0.576. The summed E-state index contributed by atoms with van der Waals surface area (Å²) in [5.41, 5.74) is 2.74. The Balaban J connectivity index is 1.64. The monoisotopic (exact) mass is 261 g/mol. The third-order valence-corrected chi connectivity index (χ3v) is 5.02. The fraction of sp³-hybridized carbons (Fsp3) is 0.500. The SMILES string of the molecule is CC(NCc1cnc[nH]1)c1cc2c(s1)CCCC2. The maximum atomic E-state index is 4.03. The zero-order chi connectivity index (χ0) is 12.4. The summed E-state index contributed by atoms with van der Waals surface area (Å²) < 4.78 is 0. The second-order valence-corrected chi connectivity index (χ2v) is 6.15. The molecule has 3 nitrogen and oxygen atoms in total. The number of nitrogens with zero attached hydrogens (tertiary/aromatic N) is 1. The molecule has 1 unspecified atom stereocenters. The molecule has 0 spiro atoms. The van der Waals surface area contributed by atoms with E-state index in [1.54, 1.807) is 16.8 Å². The first kappa shape index (κ1) is 11.9. The third kappa shape index (κ3) is 2.49. The molecule has 3 rings (SSSR count). The highest BCUT2D eigenvalue weighted by atomic mass is 32.1. The second kappa shape index (κ2) is 5.24. The van der Waals surface area contributed by atoms with Crippen LogP contribution in [0, 0.1) is 0 Å². The highest BCUT2D eigenvalue weighted by molar-refractivity contribution is 7.12. The van der Waals surface area contributed by atoms with Crippen LogP contribution in [0.2, 0.25) is 0 Å². The molecule has 4 heteroatoms. The standard InChI is InChI=1S/C14H19N3S/c1-10(16-8-12-7-15-9-17-12)14-6-11-4-2-3-5-13(11)18-14/h6-7,9-10,16H,2-5,8H2,1H3,(H,15,17). The molecule has 0 saturated carbocycles. The van der Waals surface area contributed by atoms with E-state index in [0.29, 0.717) is 6.04 Å². The van der Waals surface area contributed by atoms with Gasteiger partial charge in [-0.05, 0) is 44.2 Å². The van der Waals surface area contributed by atoms with Crippen LogP contribution in [0.1, 0.15) is 46.8 Å². The van der Waals surface area contributed by atoms with Crippen molar-refractivity contribution < 1.29 is 0 Å². The van der Waals surface area contributed by atoms with Crippen molar-refractivity contribution in [1.82, 2.24) is 15.3 Å². The average molecular weight is 261 g/mol. The molecular weight excluding hydrogens is 242 g/mol. The van der Waals surface area contributed by atoms with Crippen molar-refractivity contribution in [3.05, 3.63) is 39.6 Å². The highest BCUT2D eigenvalue weighted by Crippen LogP contribution is 2.32. The van der Waals surface area contributed by atoms with Gasteiger partial charge in [-0.3, -0.25) is 0 Å². The number of H-pyrrole nitrogens is 1. The summed E-state index contributed by atoms with van der Waals surface area (Å²) in [5, 5.41) is 3.55. The van der Waals surface area contributed by atoms with Crippen LogP contribution in [-0.4, -0.2) is 9.97 Å². The van der Waals surface area contributed by atoms with Gasteiger partial charge in [-0.15, -0.1) is 11.3 Å². The lowest BCUT2D eigenvalue weighted by Crippen LogP contribution is -2.17. The van der Waals surface area contributed by atoms with Gasteiger partial charge in [0.05, 0.1) is 6.33 Å². The minimum atomic E-state index is 0.420. The fourth-order valence-electron chi connectivity index (χ4n) is 2.47. The number of aromatic nitrogens is 2. The Bertz CT molecular complexity index is 478. The fourth-order valence-corrected chi connectivity index (χ4v) is 3.76. The first-order valence-corrected chi connectivity index (χ1v) is 7.46. The Kier molecular flexibility index (Phi) is 3.48. The number of hydrogen-bond donors (Lipinski definition) is 2. The normalized spacial score (nSPS) is 16.5. The quantitative estimate of drug-likeness (QED) is 0.887. The summed E-state index contributed by atoms with van der Waals surface area (Å²) in [5.74, 6) is 0. The number of nitrogens with one attached hydrogen (secondary N) is 2. The molecule has 2 aromatic heterocycles. The van der Waals surface area contributed by atoms with Gasteiger partial charge in [-0.25, -0.2) is 4.98 Å². The van der Waals surface area contributed by atoms with E-state index < -0.39 is 0 Å². The van der Waals surface area contributed by atoms with E-state index >= 15 is 0 Å². The third-order valence-electron chi connectivity index (χ3n) is 3.60. The van der Waals surface area contributed by atoms with Crippen molar-refractivity contribution in [2.24, 2.45) is 0 Å². The number of thiophene rings is 1. The number of aryl methyl sites for hydroxylation is 2. The van der Waals surface area contributed by atoms with E-state index in [1.807, 2.05) is 17.5 Å². The lowest BCUT2D eigenvalue weighted by atomic mass is 9.99. The van der Waals surface area contributed by atoms with Crippen LogP contribution >= 0.6 is 11.3 Å². The average Bonchev–Trinajstić information content (AvgIpc) is 3.04. The van der Waals surface area contributed by atoms with Crippen LogP contribution in [-0.2, 0) is 19.4 Å².